The van der Waals surface area contributed by atoms with Crippen molar-refractivity contribution in [3.05, 3.63) is 42.1 Å². The number of hydrogen-bond donors (Lipinski definition) is 0. The molecule has 1 aromatic carbocycles. The van der Waals surface area contributed by atoms with Gasteiger partial charge in [0, 0.05) is 37.2 Å². The number of fused-ring (bicyclic) bond motifs is 1. The number of carbonyl (C=O) groups excluding carboxylic acids is 1. The number of aromatic nitrogens is 1. The summed E-state index contributed by atoms with van der Waals surface area (Å²) in [7, 11) is 1.97. The third-order valence-electron chi connectivity index (χ3n) is 3.53. The van der Waals surface area contributed by atoms with Gasteiger partial charge in [0.25, 0.3) is 5.91 Å². The summed E-state index contributed by atoms with van der Waals surface area (Å²) in [5.74, 6) is 0.0990. The molecule has 19 heavy (non-hydrogen) atoms. The van der Waals surface area contributed by atoms with Crippen molar-refractivity contribution in [1.82, 2.24) is 9.47 Å². The molecule has 1 heterocycles. The largest absolute Gasteiger partial charge is 0.350 e. The van der Waals surface area contributed by atoms with Crippen LogP contribution in [0.3, 0.4) is 0 Å². The van der Waals surface area contributed by atoms with Gasteiger partial charge in [0.1, 0.15) is 0 Å². The number of benzene rings is 1. The fraction of sp³-hybridized carbons (Fsp3) is 0.312. The van der Waals surface area contributed by atoms with Crippen molar-refractivity contribution in [2.75, 3.05) is 13.1 Å². The Balaban J connectivity index is 2.56. The van der Waals surface area contributed by atoms with E-state index in [0.29, 0.717) is 0 Å². The lowest BCUT2D eigenvalue weighted by atomic mass is 10.1. The highest BCUT2D eigenvalue weighted by Gasteiger charge is 2.18. The molecule has 0 atom stereocenters. The lowest BCUT2D eigenvalue weighted by molar-refractivity contribution is 0.0775. The molecule has 0 saturated carbocycles. The molecule has 2 aromatic rings. The van der Waals surface area contributed by atoms with E-state index < -0.39 is 0 Å². The molecule has 0 aliphatic rings. The van der Waals surface area contributed by atoms with Crippen LogP contribution in [0, 0.1) is 0 Å². The summed E-state index contributed by atoms with van der Waals surface area (Å²) >= 11 is 0. The second-order valence-corrected chi connectivity index (χ2v) is 4.61. The highest BCUT2D eigenvalue weighted by molar-refractivity contribution is 6.07. The van der Waals surface area contributed by atoms with E-state index in [4.69, 9.17) is 0 Å². The van der Waals surface area contributed by atoms with Crippen molar-refractivity contribution in [2.45, 2.75) is 13.8 Å². The predicted molar refractivity (Wildman–Crippen MR) is 80.3 cm³/mol. The van der Waals surface area contributed by atoms with E-state index in [1.54, 1.807) is 0 Å². The molecule has 0 bridgehead atoms. The van der Waals surface area contributed by atoms with E-state index in [2.05, 4.69) is 12.6 Å². The zero-order chi connectivity index (χ0) is 14.0. The average molecular weight is 256 g/mol. The molecule has 0 N–H and O–H groups in total. The van der Waals surface area contributed by atoms with Crippen LogP contribution < -0.4 is 0 Å². The average Bonchev–Trinajstić information content (AvgIpc) is 2.77. The molecule has 0 aliphatic heterocycles. The van der Waals surface area contributed by atoms with Crippen molar-refractivity contribution in [3.63, 3.8) is 0 Å². The van der Waals surface area contributed by atoms with Crippen LogP contribution in [0.15, 0.2) is 31.0 Å². The summed E-state index contributed by atoms with van der Waals surface area (Å²) < 4.78 is 2.00. The lowest BCUT2D eigenvalue weighted by Gasteiger charge is -2.17. The number of hydrogen-bond acceptors (Lipinski definition) is 1. The Hall–Kier alpha value is -2.03. The van der Waals surface area contributed by atoms with Crippen molar-refractivity contribution in [2.24, 2.45) is 7.05 Å². The minimum absolute atomic E-state index is 0.0990. The maximum Gasteiger partial charge on any atom is 0.256 e. The molecule has 1 amide bonds. The molecule has 0 unspecified atom stereocenters. The third-order valence-corrected chi connectivity index (χ3v) is 3.53. The fourth-order valence-corrected chi connectivity index (χ4v) is 2.38. The van der Waals surface area contributed by atoms with Gasteiger partial charge in [0.15, 0.2) is 0 Å². The van der Waals surface area contributed by atoms with Crippen molar-refractivity contribution < 1.29 is 4.79 Å². The number of aryl methyl sites for hydroxylation is 1. The van der Waals surface area contributed by atoms with Gasteiger partial charge in [-0.25, -0.2) is 0 Å². The second-order valence-electron chi connectivity index (χ2n) is 4.61. The fourth-order valence-electron chi connectivity index (χ4n) is 2.38. The summed E-state index contributed by atoms with van der Waals surface area (Å²) in [4.78, 5) is 14.3. The van der Waals surface area contributed by atoms with Gasteiger partial charge in [-0.05, 0) is 25.5 Å². The molecule has 0 saturated heterocycles. The Morgan fingerprint density at radius 2 is 2.05 bits per heavy atom. The van der Waals surface area contributed by atoms with Crippen LogP contribution in [0.5, 0.6) is 0 Å². The zero-order valence-electron chi connectivity index (χ0n) is 11.8. The minimum atomic E-state index is 0.0990. The lowest BCUT2D eigenvalue weighted by Crippen LogP contribution is -2.30. The topological polar surface area (TPSA) is 25.2 Å². The molecule has 0 fully saturated rings. The van der Waals surface area contributed by atoms with E-state index in [9.17, 15) is 4.79 Å². The molecule has 3 heteroatoms. The summed E-state index contributed by atoms with van der Waals surface area (Å²) in [6.45, 7) is 9.25. The Kier molecular flexibility index (Phi) is 3.74. The Bertz CT molecular complexity index is 621. The molecule has 0 spiro atoms. The molecular weight excluding hydrogens is 236 g/mol. The molecule has 1 aromatic heterocycles. The number of rotatable bonds is 4. The third kappa shape index (κ3) is 2.28. The van der Waals surface area contributed by atoms with E-state index in [1.807, 2.05) is 54.8 Å². The van der Waals surface area contributed by atoms with Gasteiger partial charge in [-0.15, -0.1) is 0 Å². The van der Waals surface area contributed by atoms with Crippen LogP contribution in [0.2, 0.25) is 0 Å². The van der Waals surface area contributed by atoms with Crippen molar-refractivity contribution in [1.29, 1.82) is 0 Å². The highest BCUT2D eigenvalue weighted by Crippen LogP contribution is 2.23. The molecule has 3 nitrogen and oxygen atoms in total. The van der Waals surface area contributed by atoms with Crippen LogP contribution >= 0.6 is 0 Å². The standard InChI is InChI=1S/C16H20N2O/c1-5-12-8-9-13-14(11-17(4)15(13)10-12)16(19)18(6-2)7-3/h5,8-11H,1,6-7H2,2-4H3. The van der Waals surface area contributed by atoms with Gasteiger partial charge in [0.2, 0.25) is 0 Å². The van der Waals surface area contributed by atoms with E-state index in [-0.39, 0.29) is 5.91 Å². The molecular formula is C16H20N2O. The van der Waals surface area contributed by atoms with Gasteiger partial charge in [0.05, 0.1) is 5.56 Å². The summed E-state index contributed by atoms with van der Waals surface area (Å²) in [6.07, 6.45) is 3.73. The van der Waals surface area contributed by atoms with Crippen molar-refractivity contribution in [3.8, 4) is 0 Å². The van der Waals surface area contributed by atoms with Gasteiger partial charge >= 0.3 is 0 Å². The van der Waals surface area contributed by atoms with Crippen LogP contribution in [0.25, 0.3) is 17.0 Å². The van der Waals surface area contributed by atoms with E-state index >= 15 is 0 Å². The van der Waals surface area contributed by atoms with Gasteiger partial charge < -0.3 is 9.47 Å². The first-order chi connectivity index (χ1) is 9.12. The summed E-state index contributed by atoms with van der Waals surface area (Å²) in [5, 5.41) is 1.00. The Morgan fingerprint density at radius 3 is 2.63 bits per heavy atom. The normalized spacial score (nSPS) is 10.7. The summed E-state index contributed by atoms with van der Waals surface area (Å²) in [6, 6.07) is 6.05. The first kappa shape index (κ1) is 13.4. The summed E-state index contributed by atoms with van der Waals surface area (Å²) in [5.41, 5.74) is 2.90. The smallest absolute Gasteiger partial charge is 0.256 e. The SMILES string of the molecule is C=Cc1ccc2c(C(=O)N(CC)CC)cn(C)c2c1. The molecule has 2 rings (SSSR count). The van der Waals surface area contributed by atoms with Crippen LogP contribution in [0.4, 0.5) is 0 Å². The Morgan fingerprint density at radius 1 is 1.37 bits per heavy atom. The predicted octanol–water partition coefficient (Wildman–Crippen LogP) is 3.30. The molecule has 100 valence electrons. The quantitative estimate of drug-likeness (QED) is 0.824. The highest BCUT2D eigenvalue weighted by atomic mass is 16.2. The van der Waals surface area contributed by atoms with Crippen LogP contribution in [0.1, 0.15) is 29.8 Å². The minimum Gasteiger partial charge on any atom is -0.350 e. The first-order valence-corrected chi connectivity index (χ1v) is 6.63. The molecule has 0 aliphatic carbocycles. The van der Waals surface area contributed by atoms with Gasteiger partial charge in [-0.3, -0.25) is 4.79 Å². The second kappa shape index (κ2) is 5.31. The maximum absolute atomic E-state index is 12.5. The van der Waals surface area contributed by atoms with Gasteiger partial charge in [-0.1, -0.05) is 24.8 Å². The van der Waals surface area contributed by atoms with E-state index in [0.717, 1.165) is 35.1 Å². The van der Waals surface area contributed by atoms with Crippen LogP contribution in [-0.4, -0.2) is 28.5 Å². The number of nitrogens with zero attached hydrogens (tertiary/aromatic N) is 2. The zero-order valence-corrected chi connectivity index (χ0v) is 11.8. The maximum atomic E-state index is 12.5. The number of amides is 1. The molecule has 0 radical (unpaired) electrons. The van der Waals surface area contributed by atoms with Crippen molar-refractivity contribution >= 4 is 22.9 Å². The Labute approximate surface area is 114 Å². The van der Waals surface area contributed by atoms with Gasteiger partial charge in [-0.2, -0.15) is 0 Å². The number of carbonyl (C=O) groups is 1. The van der Waals surface area contributed by atoms with E-state index in [1.165, 1.54) is 0 Å². The monoisotopic (exact) mass is 256 g/mol. The first-order valence-electron chi connectivity index (χ1n) is 6.63. The van der Waals surface area contributed by atoms with Crippen LogP contribution in [-0.2, 0) is 7.05 Å².